The van der Waals surface area contributed by atoms with E-state index in [1.807, 2.05) is 0 Å². The van der Waals surface area contributed by atoms with Gasteiger partial charge in [0.25, 0.3) is 5.69 Å². The highest BCUT2D eigenvalue weighted by Gasteiger charge is 2.22. The molecule has 0 aliphatic carbocycles. The molecule has 1 saturated heterocycles. The van der Waals surface area contributed by atoms with E-state index in [1.54, 1.807) is 12.1 Å². The van der Waals surface area contributed by atoms with Gasteiger partial charge in [-0.3, -0.25) is 10.1 Å². The second-order valence-electron chi connectivity index (χ2n) is 4.86. The summed E-state index contributed by atoms with van der Waals surface area (Å²) in [7, 11) is 1.50. The van der Waals surface area contributed by atoms with Crippen LogP contribution in [0.25, 0.3) is 0 Å². The molecule has 1 fully saturated rings. The Morgan fingerprint density at radius 3 is 2.95 bits per heavy atom. The average molecular weight is 265 g/mol. The van der Waals surface area contributed by atoms with Gasteiger partial charge < -0.3 is 15.4 Å². The number of benzene rings is 1. The van der Waals surface area contributed by atoms with Gasteiger partial charge in [-0.15, -0.1) is 0 Å². The largest absolute Gasteiger partial charge is 0.496 e. The quantitative estimate of drug-likeness (QED) is 0.644. The first-order chi connectivity index (χ1) is 9.10. The van der Waals surface area contributed by atoms with E-state index in [-0.39, 0.29) is 16.7 Å². The minimum Gasteiger partial charge on any atom is -0.496 e. The number of hydrogen-bond donors (Lipinski definition) is 2. The van der Waals surface area contributed by atoms with Crippen LogP contribution < -0.4 is 15.4 Å². The number of methoxy groups -OCH3 is 1. The molecule has 104 valence electrons. The Balaban J connectivity index is 2.16. The van der Waals surface area contributed by atoms with E-state index in [4.69, 9.17) is 4.74 Å². The lowest BCUT2D eigenvalue weighted by Gasteiger charge is -2.29. The summed E-state index contributed by atoms with van der Waals surface area (Å²) >= 11 is 0. The number of nitrogens with one attached hydrogen (secondary N) is 2. The predicted octanol–water partition coefficient (Wildman–Crippen LogP) is 2.16. The molecular formula is C13H19N3O3. The highest BCUT2D eigenvalue weighted by molar-refractivity contribution is 5.64. The standard InChI is InChI=1S/C13H19N3O3/c1-9-7-10(5-6-14-9)15-12-4-3-11(19-2)8-13(12)16(17)18/h3-4,8-10,14-15H,5-7H2,1-2H3. The van der Waals surface area contributed by atoms with Gasteiger partial charge in [-0.1, -0.05) is 0 Å². The van der Waals surface area contributed by atoms with Crippen molar-refractivity contribution < 1.29 is 9.66 Å². The monoisotopic (exact) mass is 265 g/mol. The second kappa shape index (κ2) is 5.88. The Morgan fingerprint density at radius 1 is 1.53 bits per heavy atom. The number of piperidine rings is 1. The molecule has 2 rings (SSSR count). The van der Waals surface area contributed by atoms with Crippen LogP contribution >= 0.6 is 0 Å². The van der Waals surface area contributed by atoms with E-state index in [0.717, 1.165) is 19.4 Å². The van der Waals surface area contributed by atoms with E-state index in [1.165, 1.54) is 13.2 Å². The van der Waals surface area contributed by atoms with Gasteiger partial charge in [0.05, 0.1) is 18.1 Å². The van der Waals surface area contributed by atoms with Crippen LogP contribution in [-0.4, -0.2) is 30.7 Å². The SMILES string of the molecule is COc1ccc(NC2CCNC(C)C2)c([N+](=O)[O-])c1. The molecule has 1 aromatic rings. The molecule has 0 radical (unpaired) electrons. The number of nitro benzene ring substituents is 1. The summed E-state index contributed by atoms with van der Waals surface area (Å²) in [5.41, 5.74) is 0.621. The molecule has 2 unspecified atom stereocenters. The van der Waals surface area contributed by atoms with Gasteiger partial charge in [0.15, 0.2) is 0 Å². The number of anilines is 1. The number of hydrogen-bond acceptors (Lipinski definition) is 5. The van der Waals surface area contributed by atoms with Crippen LogP contribution in [0.5, 0.6) is 5.75 Å². The summed E-state index contributed by atoms with van der Waals surface area (Å²) < 4.78 is 5.02. The highest BCUT2D eigenvalue weighted by Crippen LogP contribution is 2.30. The van der Waals surface area contributed by atoms with Crippen molar-refractivity contribution in [1.82, 2.24) is 5.32 Å². The molecule has 1 aliphatic rings. The number of nitro groups is 1. The first kappa shape index (κ1) is 13.6. The zero-order chi connectivity index (χ0) is 13.8. The lowest BCUT2D eigenvalue weighted by Crippen LogP contribution is -2.41. The number of nitrogens with zero attached hydrogens (tertiary/aromatic N) is 1. The van der Waals surface area contributed by atoms with Gasteiger partial charge in [-0.2, -0.15) is 0 Å². The average Bonchev–Trinajstić information content (AvgIpc) is 2.39. The van der Waals surface area contributed by atoms with Crippen molar-refractivity contribution >= 4 is 11.4 Å². The maximum Gasteiger partial charge on any atom is 0.296 e. The fraction of sp³-hybridized carbons (Fsp3) is 0.538. The maximum absolute atomic E-state index is 11.1. The molecule has 1 aromatic carbocycles. The summed E-state index contributed by atoms with van der Waals surface area (Å²) in [6.45, 7) is 3.05. The Labute approximate surface area is 112 Å². The van der Waals surface area contributed by atoms with Crippen LogP contribution in [0.15, 0.2) is 18.2 Å². The molecular weight excluding hydrogens is 246 g/mol. The van der Waals surface area contributed by atoms with E-state index < -0.39 is 0 Å². The molecule has 0 saturated carbocycles. The Kier molecular flexibility index (Phi) is 4.21. The van der Waals surface area contributed by atoms with E-state index in [0.29, 0.717) is 17.5 Å². The van der Waals surface area contributed by atoms with Gasteiger partial charge in [0.1, 0.15) is 11.4 Å². The van der Waals surface area contributed by atoms with Crippen molar-refractivity contribution in [3.05, 3.63) is 28.3 Å². The van der Waals surface area contributed by atoms with Gasteiger partial charge in [0.2, 0.25) is 0 Å². The predicted molar refractivity (Wildman–Crippen MR) is 73.8 cm³/mol. The smallest absolute Gasteiger partial charge is 0.296 e. The van der Waals surface area contributed by atoms with Crippen molar-refractivity contribution in [3.63, 3.8) is 0 Å². The Bertz CT molecular complexity index is 464. The summed E-state index contributed by atoms with van der Waals surface area (Å²) in [6, 6.07) is 5.60. The Morgan fingerprint density at radius 2 is 2.32 bits per heavy atom. The molecule has 19 heavy (non-hydrogen) atoms. The first-order valence-electron chi connectivity index (χ1n) is 6.42. The summed E-state index contributed by atoms with van der Waals surface area (Å²) in [4.78, 5) is 10.7. The van der Waals surface area contributed by atoms with Gasteiger partial charge >= 0.3 is 0 Å². The van der Waals surface area contributed by atoms with Gasteiger partial charge in [0, 0.05) is 12.1 Å². The van der Waals surface area contributed by atoms with E-state index in [9.17, 15) is 10.1 Å². The second-order valence-corrected chi connectivity index (χ2v) is 4.86. The van der Waals surface area contributed by atoms with Crippen molar-refractivity contribution in [3.8, 4) is 5.75 Å². The van der Waals surface area contributed by atoms with Gasteiger partial charge in [-0.25, -0.2) is 0 Å². The zero-order valence-electron chi connectivity index (χ0n) is 11.2. The molecule has 0 aromatic heterocycles. The van der Waals surface area contributed by atoms with Crippen molar-refractivity contribution in [1.29, 1.82) is 0 Å². The third-order valence-corrected chi connectivity index (χ3v) is 3.38. The first-order valence-corrected chi connectivity index (χ1v) is 6.42. The van der Waals surface area contributed by atoms with Crippen LogP contribution in [-0.2, 0) is 0 Å². The molecule has 2 atom stereocenters. The molecule has 1 heterocycles. The summed E-state index contributed by atoms with van der Waals surface area (Å²) in [6.07, 6.45) is 1.93. The Hall–Kier alpha value is -1.82. The van der Waals surface area contributed by atoms with E-state index in [2.05, 4.69) is 17.6 Å². The van der Waals surface area contributed by atoms with E-state index >= 15 is 0 Å². The number of ether oxygens (including phenoxy) is 1. The normalized spacial score (nSPS) is 22.8. The van der Waals surface area contributed by atoms with Crippen LogP contribution in [0.2, 0.25) is 0 Å². The topological polar surface area (TPSA) is 76.4 Å². The molecule has 0 bridgehead atoms. The lowest BCUT2D eigenvalue weighted by molar-refractivity contribution is -0.384. The highest BCUT2D eigenvalue weighted by atomic mass is 16.6. The fourth-order valence-corrected chi connectivity index (χ4v) is 2.39. The zero-order valence-corrected chi connectivity index (χ0v) is 11.2. The summed E-state index contributed by atoms with van der Waals surface area (Å²) in [5.74, 6) is 0.496. The number of rotatable bonds is 4. The van der Waals surface area contributed by atoms with Crippen LogP contribution in [0.1, 0.15) is 19.8 Å². The third kappa shape index (κ3) is 3.35. The minimum atomic E-state index is -0.380. The molecule has 1 aliphatic heterocycles. The maximum atomic E-state index is 11.1. The third-order valence-electron chi connectivity index (χ3n) is 3.38. The van der Waals surface area contributed by atoms with Crippen molar-refractivity contribution in [2.24, 2.45) is 0 Å². The lowest BCUT2D eigenvalue weighted by atomic mass is 10.0. The van der Waals surface area contributed by atoms with Crippen molar-refractivity contribution in [2.45, 2.75) is 31.8 Å². The molecule has 6 heteroatoms. The van der Waals surface area contributed by atoms with Crippen molar-refractivity contribution in [2.75, 3.05) is 19.0 Å². The molecule has 0 spiro atoms. The van der Waals surface area contributed by atoms with Crippen LogP contribution in [0.3, 0.4) is 0 Å². The summed E-state index contributed by atoms with van der Waals surface area (Å²) in [5, 5.41) is 17.7. The molecule has 0 amide bonds. The molecule has 6 nitrogen and oxygen atoms in total. The fourth-order valence-electron chi connectivity index (χ4n) is 2.39. The van der Waals surface area contributed by atoms with Crippen LogP contribution in [0, 0.1) is 10.1 Å². The van der Waals surface area contributed by atoms with Gasteiger partial charge in [-0.05, 0) is 38.4 Å². The minimum absolute atomic E-state index is 0.0607. The molecule has 2 N–H and O–H groups in total. The van der Waals surface area contributed by atoms with Crippen LogP contribution in [0.4, 0.5) is 11.4 Å².